The van der Waals surface area contributed by atoms with Crippen LogP contribution in [0.15, 0.2) is 67.4 Å². The van der Waals surface area contributed by atoms with E-state index in [2.05, 4.69) is 31.3 Å². The van der Waals surface area contributed by atoms with E-state index in [4.69, 9.17) is 4.74 Å². The first-order chi connectivity index (χ1) is 14.6. The van der Waals surface area contributed by atoms with Gasteiger partial charge in [-0.15, -0.1) is 0 Å². The third-order valence-electron chi connectivity index (χ3n) is 5.46. The molecule has 5 nitrogen and oxygen atoms in total. The normalized spacial score (nSPS) is 11.5. The molecule has 0 radical (unpaired) electrons. The van der Waals surface area contributed by atoms with Crippen molar-refractivity contribution in [1.29, 1.82) is 0 Å². The van der Waals surface area contributed by atoms with Crippen LogP contribution in [0.5, 0.6) is 5.75 Å². The maximum Gasteiger partial charge on any atom is 0.123 e. The number of ether oxygens (including phenoxy) is 1. The fraction of sp³-hybridized carbons (Fsp3) is 0.292. The number of halogens is 1. The van der Waals surface area contributed by atoms with Crippen molar-refractivity contribution in [1.82, 2.24) is 19.0 Å². The molecule has 0 unspecified atom stereocenters. The summed E-state index contributed by atoms with van der Waals surface area (Å²) < 4.78 is 23.6. The van der Waals surface area contributed by atoms with E-state index in [0.717, 1.165) is 60.4 Å². The molecule has 0 amide bonds. The smallest absolute Gasteiger partial charge is 0.123 e. The second kappa shape index (κ2) is 9.13. The number of hydrogen-bond donors (Lipinski definition) is 0. The summed E-state index contributed by atoms with van der Waals surface area (Å²) in [4.78, 5) is 6.52. The van der Waals surface area contributed by atoms with E-state index < -0.39 is 0 Å². The van der Waals surface area contributed by atoms with Gasteiger partial charge in [-0.3, -0.25) is 4.90 Å². The van der Waals surface area contributed by atoms with Crippen LogP contribution in [0.4, 0.5) is 4.39 Å². The zero-order chi connectivity index (χ0) is 20.9. The minimum Gasteiger partial charge on any atom is -0.496 e. The molecule has 6 heteroatoms. The summed E-state index contributed by atoms with van der Waals surface area (Å²) in [6.45, 7) is 3.32. The standard InChI is InChI=1S/C24H27FN4O/c1-27-15-20(22-14-21(25)8-9-23(22)27)17-29(12-5-11-28-13-10-26-18-28)16-19-6-3-4-7-24(19)30-2/h3-4,6-10,13-15,18H,5,11-12,16-17H2,1-2H3. The van der Waals surface area contributed by atoms with E-state index in [9.17, 15) is 4.39 Å². The maximum atomic E-state index is 13.9. The van der Waals surface area contributed by atoms with Crippen LogP contribution in [-0.4, -0.2) is 32.7 Å². The number of benzene rings is 2. The summed E-state index contributed by atoms with van der Waals surface area (Å²) in [5.74, 6) is 0.687. The lowest BCUT2D eigenvalue weighted by Gasteiger charge is -2.23. The van der Waals surface area contributed by atoms with Crippen molar-refractivity contribution < 1.29 is 9.13 Å². The van der Waals surface area contributed by atoms with E-state index >= 15 is 0 Å². The molecule has 0 spiro atoms. The average molecular weight is 407 g/mol. The summed E-state index contributed by atoms with van der Waals surface area (Å²) in [6.07, 6.45) is 8.73. The van der Waals surface area contributed by atoms with Crippen LogP contribution in [0.3, 0.4) is 0 Å². The molecule has 156 valence electrons. The van der Waals surface area contributed by atoms with Gasteiger partial charge in [0.2, 0.25) is 0 Å². The van der Waals surface area contributed by atoms with Crippen LogP contribution in [0.25, 0.3) is 10.9 Å². The number of hydrogen-bond acceptors (Lipinski definition) is 3. The van der Waals surface area contributed by atoms with Gasteiger partial charge in [-0.2, -0.15) is 0 Å². The topological polar surface area (TPSA) is 35.2 Å². The highest BCUT2D eigenvalue weighted by Crippen LogP contribution is 2.25. The fourth-order valence-corrected chi connectivity index (χ4v) is 4.00. The second-order valence-electron chi connectivity index (χ2n) is 7.60. The molecule has 0 saturated carbocycles. The molecule has 0 aliphatic heterocycles. The first-order valence-corrected chi connectivity index (χ1v) is 10.2. The van der Waals surface area contributed by atoms with Crippen LogP contribution >= 0.6 is 0 Å². The minimum absolute atomic E-state index is 0.202. The van der Waals surface area contributed by atoms with Crippen molar-refractivity contribution in [2.24, 2.45) is 7.05 Å². The van der Waals surface area contributed by atoms with Crippen molar-refractivity contribution in [3.05, 3.63) is 84.3 Å². The van der Waals surface area contributed by atoms with Crippen LogP contribution in [0.1, 0.15) is 17.5 Å². The Hall–Kier alpha value is -3.12. The summed E-state index contributed by atoms with van der Waals surface area (Å²) in [7, 11) is 3.71. The first kappa shape index (κ1) is 20.2. The molecule has 2 heterocycles. The van der Waals surface area contributed by atoms with Gasteiger partial charge in [0.25, 0.3) is 0 Å². The Labute approximate surface area is 176 Å². The monoisotopic (exact) mass is 406 g/mol. The highest BCUT2D eigenvalue weighted by Gasteiger charge is 2.14. The first-order valence-electron chi connectivity index (χ1n) is 10.2. The molecule has 0 aliphatic rings. The molecule has 4 rings (SSSR count). The third-order valence-corrected chi connectivity index (χ3v) is 5.46. The zero-order valence-corrected chi connectivity index (χ0v) is 17.5. The lowest BCUT2D eigenvalue weighted by Crippen LogP contribution is -2.25. The molecule has 0 atom stereocenters. The molecule has 0 bridgehead atoms. The van der Waals surface area contributed by atoms with Crippen LogP contribution in [-0.2, 0) is 26.7 Å². The zero-order valence-electron chi connectivity index (χ0n) is 17.5. The Morgan fingerprint density at radius 2 is 1.93 bits per heavy atom. The molecule has 0 N–H and O–H groups in total. The van der Waals surface area contributed by atoms with Gasteiger partial charge in [-0.1, -0.05) is 18.2 Å². The van der Waals surface area contributed by atoms with Crippen molar-refractivity contribution >= 4 is 10.9 Å². The summed E-state index contributed by atoms with van der Waals surface area (Å²) in [5, 5.41) is 0.970. The van der Waals surface area contributed by atoms with Gasteiger partial charge in [0.1, 0.15) is 11.6 Å². The van der Waals surface area contributed by atoms with E-state index in [-0.39, 0.29) is 5.82 Å². The van der Waals surface area contributed by atoms with Gasteiger partial charge in [0, 0.05) is 68.3 Å². The SMILES string of the molecule is COc1ccccc1CN(CCCn1ccnc1)Cc1cn(C)c2ccc(F)cc12. The van der Waals surface area contributed by atoms with Crippen LogP contribution in [0.2, 0.25) is 0 Å². The lowest BCUT2D eigenvalue weighted by molar-refractivity contribution is 0.245. The predicted octanol–water partition coefficient (Wildman–Crippen LogP) is 4.62. The number of methoxy groups -OCH3 is 1. The molecular formula is C24H27FN4O. The average Bonchev–Trinajstić information content (AvgIpc) is 3.36. The number of rotatable bonds is 9. The van der Waals surface area contributed by atoms with Gasteiger partial charge in [-0.25, -0.2) is 9.37 Å². The highest BCUT2D eigenvalue weighted by molar-refractivity contribution is 5.84. The van der Waals surface area contributed by atoms with Crippen molar-refractivity contribution in [3.8, 4) is 5.75 Å². The van der Waals surface area contributed by atoms with Crippen molar-refractivity contribution in [2.45, 2.75) is 26.1 Å². The van der Waals surface area contributed by atoms with Crippen molar-refractivity contribution in [3.63, 3.8) is 0 Å². The Morgan fingerprint density at radius 3 is 2.73 bits per heavy atom. The molecule has 4 aromatic rings. The Balaban J connectivity index is 1.57. The van der Waals surface area contributed by atoms with Gasteiger partial charge >= 0.3 is 0 Å². The van der Waals surface area contributed by atoms with E-state index in [1.807, 2.05) is 43.8 Å². The number of para-hydroxylation sites is 1. The molecule has 2 aromatic carbocycles. The maximum absolute atomic E-state index is 13.9. The third kappa shape index (κ3) is 4.54. The van der Waals surface area contributed by atoms with Crippen LogP contribution in [0, 0.1) is 5.82 Å². The van der Waals surface area contributed by atoms with E-state index in [1.165, 1.54) is 6.07 Å². The molecule has 0 fully saturated rings. The van der Waals surface area contributed by atoms with Crippen LogP contribution < -0.4 is 4.74 Å². The Morgan fingerprint density at radius 1 is 1.10 bits per heavy atom. The largest absolute Gasteiger partial charge is 0.496 e. The molecule has 2 aromatic heterocycles. The van der Waals surface area contributed by atoms with E-state index in [0.29, 0.717) is 0 Å². The number of aromatic nitrogens is 3. The fourth-order valence-electron chi connectivity index (χ4n) is 4.00. The summed E-state index contributed by atoms with van der Waals surface area (Å²) in [5.41, 5.74) is 3.32. The molecule has 30 heavy (non-hydrogen) atoms. The highest BCUT2D eigenvalue weighted by atomic mass is 19.1. The molecular weight excluding hydrogens is 379 g/mol. The van der Waals surface area contributed by atoms with Crippen molar-refractivity contribution in [2.75, 3.05) is 13.7 Å². The molecule has 0 aliphatic carbocycles. The quantitative estimate of drug-likeness (QED) is 0.407. The number of imidazole rings is 1. The lowest BCUT2D eigenvalue weighted by atomic mass is 10.1. The summed E-state index contributed by atoms with van der Waals surface area (Å²) >= 11 is 0. The Kier molecular flexibility index (Phi) is 6.14. The number of aryl methyl sites for hydroxylation is 2. The van der Waals surface area contributed by atoms with E-state index in [1.54, 1.807) is 19.4 Å². The van der Waals surface area contributed by atoms with Gasteiger partial charge in [0.05, 0.1) is 13.4 Å². The van der Waals surface area contributed by atoms with Gasteiger partial charge in [-0.05, 0) is 36.2 Å². The number of nitrogens with zero attached hydrogens (tertiary/aromatic N) is 4. The van der Waals surface area contributed by atoms with Gasteiger partial charge in [0.15, 0.2) is 0 Å². The Bertz CT molecular complexity index is 1100. The second-order valence-corrected chi connectivity index (χ2v) is 7.60. The minimum atomic E-state index is -0.202. The predicted molar refractivity (Wildman–Crippen MR) is 117 cm³/mol. The number of fused-ring (bicyclic) bond motifs is 1. The van der Waals surface area contributed by atoms with Gasteiger partial charge < -0.3 is 13.9 Å². The molecule has 0 saturated heterocycles. The summed E-state index contributed by atoms with van der Waals surface area (Å²) in [6, 6.07) is 13.1.